The predicted molar refractivity (Wildman–Crippen MR) is 274 cm³/mol. The van der Waals surface area contributed by atoms with Gasteiger partial charge in [0.15, 0.2) is 0 Å². The van der Waals surface area contributed by atoms with Crippen molar-refractivity contribution in [3.63, 3.8) is 0 Å². The third kappa shape index (κ3) is 7.39. The first-order chi connectivity index (χ1) is 32.5. The molecule has 0 atom stereocenters. The first-order valence-electron chi connectivity index (χ1n) is 24.0. The third-order valence-corrected chi connectivity index (χ3v) is 15.1. The van der Waals surface area contributed by atoms with Crippen LogP contribution < -0.4 is 9.47 Å². The average molecular weight is 877 g/mol. The molecule has 0 amide bonds. The van der Waals surface area contributed by atoms with Gasteiger partial charge in [-0.1, -0.05) is 193 Å². The van der Waals surface area contributed by atoms with Crippen LogP contribution in [0.4, 0.5) is 0 Å². The van der Waals surface area contributed by atoms with Gasteiger partial charge in [-0.25, -0.2) is 0 Å². The lowest BCUT2D eigenvalue weighted by molar-refractivity contribution is -0.115. The minimum atomic E-state index is -1.23. The summed E-state index contributed by atoms with van der Waals surface area (Å²) in [5.41, 5.74) is 18.6. The maximum Gasteiger partial charge on any atom is 0.259 e. The van der Waals surface area contributed by atoms with E-state index in [1.54, 1.807) is 0 Å². The van der Waals surface area contributed by atoms with E-state index in [1.165, 1.54) is 55.6 Å². The number of hydrogen-bond acceptors (Lipinski definition) is 4. The largest absolute Gasteiger partial charge is 0.451 e. The van der Waals surface area contributed by atoms with Crippen molar-refractivity contribution in [1.82, 2.24) is 9.80 Å². The van der Waals surface area contributed by atoms with E-state index in [4.69, 9.17) is 9.47 Å². The molecule has 0 fully saturated rings. The maximum absolute atomic E-state index is 8.29. The molecule has 0 aromatic heterocycles. The van der Waals surface area contributed by atoms with Crippen LogP contribution in [0.15, 0.2) is 182 Å². The maximum atomic E-state index is 8.29. The summed E-state index contributed by atoms with van der Waals surface area (Å²) in [7, 11) is 4.51. The lowest BCUT2D eigenvalue weighted by Gasteiger charge is -2.41. The van der Waals surface area contributed by atoms with Gasteiger partial charge in [0.05, 0.1) is 12.8 Å². The molecule has 0 spiro atoms. The van der Waals surface area contributed by atoms with Crippen LogP contribution in [0.2, 0.25) is 0 Å². The van der Waals surface area contributed by atoms with Gasteiger partial charge in [-0.05, 0) is 97.4 Å². The van der Waals surface area contributed by atoms with E-state index in [-0.39, 0.29) is 0 Å². The Bertz CT molecular complexity index is 2830. The Morgan fingerprint density at radius 3 is 1.06 bits per heavy atom. The molecular formula is C63H60N2O2. The van der Waals surface area contributed by atoms with Crippen molar-refractivity contribution < 1.29 is 9.47 Å². The number of benzene rings is 8. The summed E-state index contributed by atoms with van der Waals surface area (Å²) < 4.78 is 16.6. The fourth-order valence-corrected chi connectivity index (χ4v) is 11.9. The number of likely N-dealkylation sites (N-methyl/N-ethyl adjacent to an activating group) is 2. The summed E-state index contributed by atoms with van der Waals surface area (Å²) in [6.07, 6.45) is 1.00. The van der Waals surface area contributed by atoms with Crippen LogP contribution in [0.25, 0.3) is 22.3 Å². The van der Waals surface area contributed by atoms with Gasteiger partial charge in [0, 0.05) is 59.3 Å². The van der Waals surface area contributed by atoms with Crippen molar-refractivity contribution in [2.75, 3.05) is 27.2 Å². The zero-order valence-electron chi connectivity index (χ0n) is 39.8. The van der Waals surface area contributed by atoms with Crippen molar-refractivity contribution >= 4 is 0 Å². The van der Waals surface area contributed by atoms with Crippen LogP contribution in [-0.4, -0.2) is 42.8 Å². The fraction of sp³-hybridized carbons (Fsp3) is 0.238. The summed E-state index contributed by atoms with van der Waals surface area (Å²) in [5.74, 6) is 0.556. The molecular weight excluding hydrogens is 817 g/mol. The highest BCUT2D eigenvalue weighted by molar-refractivity contribution is 5.85. The van der Waals surface area contributed by atoms with E-state index in [0.29, 0.717) is 25.9 Å². The molecule has 0 radical (unpaired) electrons. The van der Waals surface area contributed by atoms with Crippen LogP contribution in [0.1, 0.15) is 80.6 Å². The standard InChI is InChI=1S/C63H60N2O2/c1-43-35-47-41-64(5)33-34-65(6)42-48-36-44(2)38-58(62(4)55-31-19-15-27-51(55)52-28-16-20-32-56(52)62)60(48)67-63(39-45-21-9-7-10-22-45,40-46-23-11-8-12-24-46)66-59(47)57(37-43)61(3)53-29-17-13-25-49(53)50-26-14-18-30-54(50)61/h7-32,35-38H,33-34,39-42H2,1-6H3. The van der Waals surface area contributed by atoms with E-state index in [1.807, 2.05) is 0 Å². The van der Waals surface area contributed by atoms with E-state index in [2.05, 4.69) is 234 Å². The van der Waals surface area contributed by atoms with E-state index in [0.717, 1.165) is 58.0 Å². The van der Waals surface area contributed by atoms with E-state index < -0.39 is 16.6 Å². The molecule has 0 N–H and O–H groups in total. The molecule has 11 rings (SSSR count). The minimum absolute atomic E-state index is 0.502. The van der Waals surface area contributed by atoms with Gasteiger partial charge in [-0.3, -0.25) is 0 Å². The van der Waals surface area contributed by atoms with Crippen molar-refractivity contribution in [1.29, 1.82) is 0 Å². The molecule has 3 aliphatic rings. The first-order valence-corrected chi connectivity index (χ1v) is 24.0. The van der Waals surface area contributed by atoms with Crippen molar-refractivity contribution in [2.24, 2.45) is 0 Å². The Morgan fingerprint density at radius 1 is 0.403 bits per heavy atom. The Labute approximate surface area is 397 Å². The smallest absolute Gasteiger partial charge is 0.259 e. The van der Waals surface area contributed by atoms with Crippen molar-refractivity contribution in [2.45, 2.75) is 70.2 Å². The van der Waals surface area contributed by atoms with Crippen LogP contribution in [0.3, 0.4) is 0 Å². The lowest BCUT2D eigenvalue weighted by atomic mass is 9.72. The summed E-state index contributed by atoms with van der Waals surface area (Å²) >= 11 is 0. The monoisotopic (exact) mass is 876 g/mol. The molecule has 0 saturated heterocycles. The van der Waals surface area contributed by atoms with Gasteiger partial charge < -0.3 is 19.3 Å². The zero-order chi connectivity index (χ0) is 45.9. The molecule has 0 bridgehead atoms. The minimum Gasteiger partial charge on any atom is -0.451 e. The number of nitrogens with zero attached hydrogens (tertiary/aromatic N) is 2. The Hall–Kier alpha value is -6.72. The molecule has 0 saturated carbocycles. The molecule has 8 aromatic carbocycles. The second-order valence-electron chi connectivity index (χ2n) is 19.9. The van der Waals surface area contributed by atoms with Crippen LogP contribution in [0, 0.1) is 13.8 Å². The number of aryl methyl sites for hydroxylation is 2. The number of rotatable bonds is 6. The van der Waals surface area contributed by atoms with Crippen molar-refractivity contribution in [3.8, 4) is 33.8 Å². The molecule has 4 nitrogen and oxygen atoms in total. The van der Waals surface area contributed by atoms with E-state index >= 15 is 0 Å². The highest BCUT2D eigenvalue weighted by Gasteiger charge is 2.48. The summed E-state index contributed by atoms with van der Waals surface area (Å²) in [6, 6.07) is 67.1. The molecule has 334 valence electrons. The topological polar surface area (TPSA) is 24.9 Å². The summed E-state index contributed by atoms with van der Waals surface area (Å²) in [5, 5.41) is 0. The van der Waals surface area contributed by atoms with Gasteiger partial charge in [0.25, 0.3) is 5.79 Å². The molecule has 4 heteroatoms. The Kier molecular flexibility index (Phi) is 10.8. The molecule has 67 heavy (non-hydrogen) atoms. The molecule has 8 aromatic rings. The van der Waals surface area contributed by atoms with Gasteiger partial charge in [-0.2, -0.15) is 0 Å². The molecule has 2 aliphatic carbocycles. The van der Waals surface area contributed by atoms with Gasteiger partial charge in [-0.15, -0.1) is 0 Å². The first kappa shape index (κ1) is 42.9. The summed E-state index contributed by atoms with van der Waals surface area (Å²) in [6.45, 7) is 12.5. The van der Waals surface area contributed by atoms with Gasteiger partial charge in [0.2, 0.25) is 0 Å². The normalized spacial score (nSPS) is 16.9. The highest BCUT2D eigenvalue weighted by atomic mass is 16.7. The Morgan fingerprint density at radius 2 is 0.716 bits per heavy atom. The van der Waals surface area contributed by atoms with Crippen LogP contribution >= 0.6 is 0 Å². The van der Waals surface area contributed by atoms with Crippen molar-refractivity contribution in [3.05, 3.63) is 249 Å². The summed E-state index contributed by atoms with van der Waals surface area (Å²) in [4.78, 5) is 4.93. The SMILES string of the molecule is Cc1cc2c(c(C3(C)c4ccccc4-c4ccccc43)c1)OC(Cc1ccccc1)(Cc1ccccc1)Oc1c(cc(C)cc1C1(C)c3ccccc3-c3ccccc31)CN(C)CCN(C)C2. The quantitative estimate of drug-likeness (QED) is 0.166. The zero-order valence-corrected chi connectivity index (χ0v) is 39.8. The van der Waals surface area contributed by atoms with Gasteiger partial charge >= 0.3 is 0 Å². The van der Waals surface area contributed by atoms with Crippen LogP contribution in [0.5, 0.6) is 11.5 Å². The highest BCUT2D eigenvalue weighted by Crippen LogP contribution is 2.57. The number of ether oxygens (including phenoxy) is 2. The number of hydrogen-bond donors (Lipinski definition) is 0. The molecule has 0 unspecified atom stereocenters. The predicted octanol–water partition coefficient (Wildman–Crippen LogP) is 13.5. The van der Waals surface area contributed by atoms with Crippen LogP contribution in [-0.2, 0) is 36.8 Å². The fourth-order valence-electron chi connectivity index (χ4n) is 11.9. The Balaban J connectivity index is 1.22. The second kappa shape index (κ2) is 16.9. The van der Waals surface area contributed by atoms with E-state index in [9.17, 15) is 0 Å². The molecule has 1 heterocycles. The molecule has 1 aliphatic heterocycles. The second-order valence-corrected chi connectivity index (χ2v) is 19.9. The number of fused-ring (bicyclic) bond motifs is 8. The van der Waals surface area contributed by atoms with Gasteiger partial charge in [0.1, 0.15) is 11.5 Å². The lowest BCUT2D eigenvalue weighted by Crippen LogP contribution is -2.48. The third-order valence-electron chi connectivity index (χ3n) is 15.1. The average Bonchev–Trinajstić information content (AvgIpc) is 3.76.